The molecule has 1 aromatic rings. The Morgan fingerprint density at radius 3 is 2.05 bits per heavy atom. The van der Waals surface area contributed by atoms with Gasteiger partial charge >= 0.3 is 0 Å². The van der Waals surface area contributed by atoms with Crippen molar-refractivity contribution in [3.8, 4) is 0 Å². The number of rotatable bonds is 9. The largest absolute Gasteiger partial charge is 0.330 e. The van der Waals surface area contributed by atoms with Crippen molar-refractivity contribution in [3.05, 3.63) is 35.9 Å². The highest BCUT2D eigenvalue weighted by Gasteiger charge is 2.20. The van der Waals surface area contributed by atoms with E-state index in [2.05, 4.69) is 62.9 Å². The minimum atomic E-state index is 0.440. The maximum Gasteiger partial charge on any atom is 0.00903 e. The Kier molecular flexibility index (Phi) is 7.86. The van der Waals surface area contributed by atoms with Crippen LogP contribution in [0.25, 0.3) is 0 Å². The lowest BCUT2D eigenvalue weighted by molar-refractivity contribution is 0.156. The summed E-state index contributed by atoms with van der Waals surface area (Å²) in [7, 11) is 0. The monoisotopic (exact) mass is 276 g/mol. The van der Waals surface area contributed by atoms with Crippen LogP contribution in [-0.4, -0.2) is 30.6 Å². The molecule has 0 aliphatic carbocycles. The van der Waals surface area contributed by atoms with Crippen LogP contribution in [0.2, 0.25) is 0 Å². The Morgan fingerprint density at radius 1 is 1.00 bits per heavy atom. The van der Waals surface area contributed by atoms with Gasteiger partial charge in [0.05, 0.1) is 0 Å². The minimum Gasteiger partial charge on any atom is -0.330 e. The van der Waals surface area contributed by atoms with Crippen molar-refractivity contribution in [2.45, 2.75) is 52.5 Å². The average molecular weight is 276 g/mol. The molecule has 1 atom stereocenters. The number of nitrogens with zero attached hydrogens (tertiary/aromatic N) is 1. The van der Waals surface area contributed by atoms with Gasteiger partial charge in [-0.2, -0.15) is 0 Å². The van der Waals surface area contributed by atoms with Crippen LogP contribution in [0.4, 0.5) is 0 Å². The van der Waals surface area contributed by atoms with Crippen LogP contribution in [0.5, 0.6) is 0 Å². The van der Waals surface area contributed by atoms with E-state index < -0.39 is 0 Å². The summed E-state index contributed by atoms with van der Waals surface area (Å²) in [5.41, 5.74) is 7.41. The number of nitrogens with two attached hydrogens (primary N) is 1. The molecule has 0 aliphatic rings. The van der Waals surface area contributed by atoms with Crippen molar-refractivity contribution in [2.24, 2.45) is 11.7 Å². The Morgan fingerprint density at radius 2 is 1.60 bits per heavy atom. The zero-order valence-electron chi connectivity index (χ0n) is 13.7. The Hall–Kier alpha value is -0.860. The van der Waals surface area contributed by atoms with Crippen LogP contribution in [0.3, 0.4) is 0 Å². The molecule has 0 saturated carbocycles. The second kappa shape index (κ2) is 9.15. The predicted molar refractivity (Wildman–Crippen MR) is 89.0 cm³/mol. The van der Waals surface area contributed by atoms with Gasteiger partial charge < -0.3 is 5.73 Å². The number of hydrogen-bond donors (Lipinski definition) is 1. The molecule has 0 amide bonds. The number of benzene rings is 1. The average Bonchev–Trinajstić information content (AvgIpc) is 2.46. The Bertz CT molecular complexity index is 344. The topological polar surface area (TPSA) is 29.3 Å². The van der Waals surface area contributed by atoms with Crippen molar-refractivity contribution < 1.29 is 0 Å². The second-order valence-corrected chi connectivity index (χ2v) is 6.16. The van der Waals surface area contributed by atoms with E-state index in [0.717, 1.165) is 19.6 Å². The summed E-state index contributed by atoms with van der Waals surface area (Å²) in [5.74, 6) is 1.14. The quantitative estimate of drug-likeness (QED) is 0.742. The molecule has 2 N–H and O–H groups in total. The van der Waals surface area contributed by atoms with Gasteiger partial charge in [-0.3, -0.25) is 4.90 Å². The van der Waals surface area contributed by atoms with Crippen LogP contribution in [0.15, 0.2) is 30.3 Å². The highest BCUT2D eigenvalue weighted by molar-refractivity contribution is 5.20. The Balaban J connectivity index is 2.80. The fourth-order valence-electron chi connectivity index (χ4n) is 2.97. The normalized spacial score (nSPS) is 13.4. The molecule has 20 heavy (non-hydrogen) atoms. The van der Waals surface area contributed by atoms with E-state index in [0.29, 0.717) is 17.9 Å². The van der Waals surface area contributed by atoms with Gasteiger partial charge in [-0.25, -0.2) is 0 Å². The van der Waals surface area contributed by atoms with E-state index in [1.54, 1.807) is 0 Å². The zero-order valence-corrected chi connectivity index (χ0v) is 13.7. The molecule has 0 radical (unpaired) electrons. The Labute approximate surface area is 125 Å². The van der Waals surface area contributed by atoms with Crippen LogP contribution in [0, 0.1) is 5.92 Å². The van der Waals surface area contributed by atoms with E-state index in [-0.39, 0.29) is 0 Å². The fraction of sp³-hybridized carbons (Fsp3) is 0.667. The summed E-state index contributed by atoms with van der Waals surface area (Å²) in [5, 5.41) is 0. The van der Waals surface area contributed by atoms with Gasteiger partial charge in [0.2, 0.25) is 0 Å². The van der Waals surface area contributed by atoms with Crippen molar-refractivity contribution in [2.75, 3.05) is 19.6 Å². The third-order valence-corrected chi connectivity index (χ3v) is 4.07. The van der Waals surface area contributed by atoms with Gasteiger partial charge in [-0.1, -0.05) is 58.0 Å². The molecule has 0 spiro atoms. The molecule has 2 heteroatoms. The second-order valence-electron chi connectivity index (χ2n) is 6.16. The summed E-state index contributed by atoms with van der Waals surface area (Å²) in [6, 6.07) is 11.4. The van der Waals surface area contributed by atoms with E-state index >= 15 is 0 Å². The zero-order chi connectivity index (χ0) is 15.0. The van der Waals surface area contributed by atoms with Crippen molar-refractivity contribution >= 4 is 0 Å². The lowest BCUT2D eigenvalue weighted by atomic mass is 9.96. The van der Waals surface area contributed by atoms with E-state index in [1.165, 1.54) is 18.4 Å². The molecule has 2 nitrogen and oxygen atoms in total. The molecule has 114 valence electrons. The molecule has 1 aromatic carbocycles. The van der Waals surface area contributed by atoms with Gasteiger partial charge in [0, 0.05) is 31.6 Å². The van der Waals surface area contributed by atoms with Gasteiger partial charge in [0.1, 0.15) is 0 Å². The summed E-state index contributed by atoms with van der Waals surface area (Å²) in [6.07, 6.45) is 2.44. The highest BCUT2D eigenvalue weighted by Crippen LogP contribution is 2.20. The van der Waals surface area contributed by atoms with Crippen LogP contribution < -0.4 is 5.73 Å². The van der Waals surface area contributed by atoms with Crippen molar-refractivity contribution in [3.63, 3.8) is 0 Å². The summed E-state index contributed by atoms with van der Waals surface area (Å²) in [4.78, 5) is 2.65. The van der Waals surface area contributed by atoms with Crippen molar-refractivity contribution in [1.82, 2.24) is 4.90 Å². The van der Waals surface area contributed by atoms with Crippen molar-refractivity contribution in [1.29, 1.82) is 0 Å². The summed E-state index contributed by atoms with van der Waals surface area (Å²) >= 11 is 0. The van der Waals surface area contributed by atoms with Gasteiger partial charge in [0.15, 0.2) is 0 Å². The van der Waals surface area contributed by atoms with E-state index in [1.807, 2.05) is 0 Å². The molecule has 1 unspecified atom stereocenters. The third-order valence-electron chi connectivity index (χ3n) is 4.07. The summed E-state index contributed by atoms with van der Waals surface area (Å²) in [6.45, 7) is 12.1. The maximum atomic E-state index is 6.04. The maximum absolute atomic E-state index is 6.04. The first-order valence-electron chi connectivity index (χ1n) is 8.11. The molecule has 1 rings (SSSR count). The molecular formula is C18H32N2. The van der Waals surface area contributed by atoms with Gasteiger partial charge in [0.25, 0.3) is 0 Å². The first kappa shape index (κ1) is 17.2. The lowest BCUT2D eigenvalue weighted by Gasteiger charge is -2.34. The van der Waals surface area contributed by atoms with Gasteiger partial charge in [-0.05, 0) is 24.3 Å². The highest BCUT2D eigenvalue weighted by atomic mass is 15.2. The van der Waals surface area contributed by atoms with Crippen LogP contribution in [0.1, 0.15) is 52.0 Å². The van der Waals surface area contributed by atoms with Crippen LogP contribution >= 0.6 is 0 Å². The standard InChI is InChI=1S/C18H32N2/c1-5-18(6-2)20(13-15(3)4)14-17(12-19)16-10-8-7-9-11-16/h7-11,15,17-18H,5-6,12-14,19H2,1-4H3. The first-order chi connectivity index (χ1) is 9.62. The first-order valence-corrected chi connectivity index (χ1v) is 8.11. The van der Waals surface area contributed by atoms with E-state index in [4.69, 9.17) is 5.73 Å². The molecule has 0 aromatic heterocycles. The smallest absolute Gasteiger partial charge is 0.00903 e. The molecule has 0 bridgehead atoms. The third kappa shape index (κ3) is 5.26. The molecular weight excluding hydrogens is 244 g/mol. The minimum absolute atomic E-state index is 0.440. The molecule has 0 heterocycles. The predicted octanol–water partition coefficient (Wildman–Crippen LogP) is 3.88. The molecule has 0 fully saturated rings. The van der Waals surface area contributed by atoms with E-state index in [9.17, 15) is 0 Å². The lowest BCUT2D eigenvalue weighted by Crippen LogP contribution is -2.41. The molecule has 0 saturated heterocycles. The van der Waals surface area contributed by atoms with Gasteiger partial charge in [-0.15, -0.1) is 0 Å². The van der Waals surface area contributed by atoms with Crippen LogP contribution in [-0.2, 0) is 0 Å². The fourth-order valence-corrected chi connectivity index (χ4v) is 2.97. The summed E-state index contributed by atoms with van der Waals surface area (Å²) < 4.78 is 0. The number of hydrogen-bond acceptors (Lipinski definition) is 2. The molecule has 0 aliphatic heterocycles. The SMILES string of the molecule is CCC(CC)N(CC(C)C)CC(CN)c1ccccc1.